The minimum Gasteiger partial charge on any atom is -0.383 e. The molecule has 1 heterocycles. The lowest BCUT2D eigenvalue weighted by Crippen LogP contribution is -2.14. The van der Waals surface area contributed by atoms with Crippen molar-refractivity contribution in [2.75, 3.05) is 5.73 Å². The second kappa shape index (κ2) is 2.95. The summed E-state index contributed by atoms with van der Waals surface area (Å²) < 4.78 is 0. The molecule has 0 aromatic carbocycles. The molecular weight excluding hydrogens is 200 g/mol. The minimum absolute atomic E-state index is 0.0602. The van der Waals surface area contributed by atoms with E-state index in [1.165, 1.54) is 6.20 Å². The maximum absolute atomic E-state index is 11.9. The predicted molar refractivity (Wildman–Crippen MR) is 55.3 cm³/mol. The van der Waals surface area contributed by atoms with Crippen LogP contribution in [-0.4, -0.2) is 10.8 Å². The van der Waals surface area contributed by atoms with Crippen molar-refractivity contribution < 1.29 is 4.79 Å². The van der Waals surface area contributed by atoms with E-state index in [9.17, 15) is 4.79 Å². The molecule has 0 unspecified atom stereocenters. The van der Waals surface area contributed by atoms with Crippen LogP contribution in [0.5, 0.6) is 0 Å². The molecule has 74 valence electrons. The summed E-state index contributed by atoms with van der Waals surface area (Å²) in [5, 5.41) is 0.451. The van der Waals surface area contributed by atoms with Crippen molar-refractivity contribution >= 4 is 23.2 Å². The number of aromatic nitrogens is 1. The van der Waals surface area contributed by atoms with Crippen LogP contribution in [0, 0.1) is 5.41 Å². The van der Waals surface area contributed by atoms with E-state index in [0.29, 0.717) is 10.6 Å². The smallest absolute Gasteiger partial charge is 0.172 e. The number of Topliss-reactive ketones (excluding diaryl/α,β-unsaturated/α-hetero) is 1. The third-order valence-corrected chi connectivity index (χ3v) is 2.88. The molecule has 0 bridgehead atoms. The Kier molecular flexibility index (Phi) is 2.00. The molecule has 14 heavy (non-hydrogen) atoms. The quantitative estimate of drug-likeness (QED) is 0.763. The molecule has 0 saturated heterocycles. The standard InChI is InChI=1S/C10H11ClN2O/c1-10(2-3-10)8(14)7-4-6(11)5-13-9(7)12/h4-5H,2-3H2,1H3,(H2,12,13). The Morgan fingerprint density at radius 2 is 2.29 bits per heavy atom. The van der Waals surface area contributed by atoms with Crippen LogP contribution in [0.2, 0.25) is 5.02 Å². The number of nitrogens with two attached hydrogens (primary N) is 1. The van der Waals surface area contributed by atoms with Gasteiger partial charge in [0.25, 0.3) is 0 Å². The van der Waals surface area contributed by atoms with E-state index < -0.39 is 0 Å². The van der Waals surface area contributed by atoms with Crippen LogP contribution in [0.3, 0.4) is 0 Å². The van der Waals surface area contributed by atoms with E-state index >= 15 is 0 Å². The molecule has 2 rings (SSSR count). The molecule has 1 aromatic heterocycles. The molecule has 1 aliphatic rings. The Bertz CT molecular complexity index is 399. The molecule has 2 N–H and O–H groups in total. The van der Waals surface area contributed by atoms with Gasteiger partial charge < -0.3 is 5.73 Å². The summed E-state index contributed by atoms with van der Waals surface area (Å²) in [6.45, 7) is 1.94. The Labute approximate surface area is 87.3 Å². The lowest BCUT2D eigenvalue weighted by molar-refractivity contribution is 0.0913. The second-order valence-corrected chi connectivity index (χ2v) is 4.41. The van der Waals surface area contributed by atoms with Crippen LogP contribution in [0.1, 0.15) is 30.1 Å². The van der Waals surface area contributed by atoms with Gasteiger partial charge in [-0.3, -0.25) is 4.79 Å². The van der Waals surface area contributed by atoms with Crippen LogP contribution < -0.4 is 5.73 Å². The fourth-order valence-electron chi connectivity index (χ4n) is 1.37. The van der Waals surface area contributed by atoms with E-state index in [1.807, 2.05) is 6.92 Å². The minimum atomic E-state index is -0.222. The van der Waals surface area contributed by atoms with Gasteiger partial charge >= 0.3 is 0 Å². The highest BCUT2D eigenvalue weighted by atomic mass is 35.5. The van der Waals surface area contributed by atoms with Gasteiger partial charge in [-0.25, -0.2) is 4.98 Å². The van der Waals surface area contributed by atoms with Gasteiger partial charge in [-0.2, -0.15) is 0 Å². The number of carbonyl (C=O) groups is 1. The molecule has 0 spiro atoms. The molecule has 1 aliphatic carbocycles. The lowest BCUT2D eigenvalue weighted by Gasteiger charge is -2.08. The summed E-state index contributed by atoms with van der Waals surface area (Å²) in [5.74, 6) is 0.331. The van der Waals surface area contributed by atoms with Gasteiger partial charge in [-0.05, 0) is 18.9 Å². The fourth-order valence-corrected chi connectivity index (χ4v) is 1.53. The van der Waals surface area contributed by atoms with E-state index in [1.54, 1.807) is 6.07 Å². The molecule has 1 saturated carbocycles. The number of nitrogen functional groups attached to an aromatic ring is 1. The van der Waals surface area contributed by atoms with Gasteiger partial charge in [0.1, 0.15) is 5.82 Å². The number of anilines is 1. The molecule has 3 nitrogen and oxygen atoms in total. The van der Waals surface area contributed by atoms with Crippen LogP contribution in [0.25, 0.3) is 0 Å². The van der Waals surface area contributed by atoms with Crippen molar-refractivity contribution in [2.24, 2.45) is 5.41 Å². The number of ketones is 1. The SMILES string of the molecule is CC1(C(=O)c2cc(Cl)cnc2N)CC1. The summed E-state index contributed by atoms with van der Waals surface area (Å²) >= 11 is 5.76. The van der Waals surface area contributed by atoms with Gasteiger partial charge in [-0.1, -0.05) is 18.5 Å². The number of carbonyl (C=O) groups excluding carboxylic acids is 1. The first-order valence-corrected chi connectivity index (χ1v) is 4.86. The van der Waals surface area contributed by atoms with Crippen LogP contribution in [0.4, 0.5) is 5.82 Å². The van der Waals surface area contributed by atoms with Crippen molar-refractivity contribution in [1.82, 2.24) is 4.98 Å². The number of halogens is 1. The lowest BCUT2D eigenvalue weighted by atomic mass is 9.97. The number of hydrogen-bond acceptors (Lipinski definition) is 3. The second-order valence-electron chi connectivity index (χ2n) is 3.98. The Morgan fingerprint density at radius 1 is 1.64 bits per heavy atom. The summed E-state index contributed by atoms with van der Waals surface area (Å²) in [6.07, 6.45) is 3.30. The number of nitrogens with zero attached hydrogens (tertiary/aromatic N) is 1. The van der Waals surface area contributed by atoms with Crippen molar-refractivity contribution in [3.05, 3.63) is 22.8 Å². The average molecular weight is 211 g/mol. The van der Waals surface area contributed by atoms with Crippen molar-refractivity contribution in [2.45, 2.75) is 19.8 Å². The molecule has 0 amide bonds. The Hall–Kier alpha value is -1.09. The Morgan fingerprint density at radius 3 is 2.86 bits per heavy atom. The van der Waals surface area contributed by atoms with Gasteiger partial charge in [0.05, 0.1) is 10.6 Å². The summed E-state index contributed by atoms with van der Waals surface area (Å²) in [4.78, 5) is 15.8. The maximum atomic E-state index is 11.9. The summed E-state index contributed by atoms with van der Waals surface area (Å²) in [6, 6.07) is 1.59. The largest absolute Gasteiger partial charge is 0.383 e. The maximum Gasteiger partial charge on any atom is 0.172 e. The van der Waals surface area contributed by atoms with Crippen LogP contribution >= 0.6 is 11.6 Å². The zero-order valence-corrected chi connectivity index (χ0v) is 8.64. The molecular formula is C10H11ClN2O. The molecule has 0 atom stereocenters. The highest BCUT2D eigenvalue weighted by molar-refractivity contribution is 6.31. The summed E-state index contributed by atoms with van der Waals surface area (Å²) in [7, 11) is 0. The van der Waals surface area contributed by atoms with Crippen LogP contribution in [-0.2, 0) is 0 Å². The van der Waals surface area contributed by atoms with Crippen molar-refractivity contribution in [1.29, 1.82) is 0 Å². The van der Waals surface area contributed by atoms with Crippen molar-refractivity contribution in [3.63, 3.8) is 0 Å². The van der Waals surface area contributed by atoms with Crippen LogP contribution in [0.15, 0.2) is 12.3 Å². The molecule has 1 aromatic rings. The van der Waals surface area contributed by atoms with E-state index in [2.05, 4.69) is 4.98 Å². The van der Waals surface area contributed by atoms with E-state index in [-0.39, 0.29) is 17.0 Å². The zero-order chi connectivity index (χ0) is 10.3. The highest BCUT2D eigenvalue weighted by Crippen LogP contribution is 2.48. The molecule has 4 heteroatoms. The zero-order valence-electron chi connectivity index (χ0n) is 7.88. The predicted octanol–water partition coefficient (Wildman–Crippen LogP) is 2.30. The van der Waals surface area contributed by atoms with Crippen molar-refractivity contribution in [3.8, 4) is 0 Å². The fraction of sp³-hybridized carbons (Fsp3) is 0.400. The Balaban J connectivity index is 2.40. The third kappa shape index (κ3) is 1.48. The molecule has 1 fully saturated rings. The van der Waals surface area contributed by atoms with Gasteiger partial charge in [0, 0.05) is 11.6 Å². The van der Waals surface area contributed by atoms with Gasteiger partial charge in [-0.15, -0.1) is 0 Å². The topological polar surface area (TPSA) is 56.0 Å². The highest BCUT2D eigenvalue weighted by Gasteiger charge is 2.45. The molecule has 0 aliphatic heterocycles. The van der Waals surface area contributed by atoms with Gasteiger partial charge in [0.15, 0.2) is 5.78 Å². The number of pyridine rings is 1. The van der Waals surface area contributed by atoms with E-state index in [4.69, 9.17) is 17.3 Å². The first-order chi connectivity index (χ1) is 6.53. The monoisotopic (exact) mass is 210 g/mol. The first-order valence-electron chi connectivity index (χ1n) is 4.49. The third-order valence-electron chi connectivity index (χ3n) is 2.68. The normalized spacial score (nSPS) is 17.9. The summed E-state index contributed by atoms with van der Waals surface area (Å²) in [5.41, 5.74) is 5.86. The average Bonchev–Trinajstić information content (AvgIpc) is 2.88. The number of rotatable bonds is 2. The number of hydrogen-bond donors (Lipinski definition) is 1. The molecule has 0 radical (unpaired) electrons. The van der Waals surface area contributed by atoms with Gasteiger partial charge in [0.2, 0.25) is 0 Å². The van der Waals surface area contributed by atoms with E-state index in [0.717, 1.165) is 12.8 Å². The first kappa shape index (κ1) is 9.46.